The molecule has 1 atom stereocenters. The van der Waals surface area contributed by atoms with Crippen molar-refractivity contribution in [1.82, 2.24) is 25.2 Å². The molecule has 1 aromatic carbocycles. The topological polar surface area (TPSA) is 219 Å². The summed E-state index contributed by atoms with van der Waals surface area (Å²) in [4.78, 5) is 73.0. The van der Waals surface area contributed by atoms with E-state index in [4.69, 9.17) is 19.9 Å². The monoisotopic (exact) mass is 614 g/mol. The number of carboxylic acid groups (broad SMARTS) is 1. The molecule has 0 aliphatic carbocycles. The van der Waals surface area contributed by atoms with Gasteiger partial charge in [-0.1, -0.05) is 12.1 Å². The number of carboxylic acids is 1. The molecular formula is C29H38N6O9. The van der Waals surface area contributed by atoms with E-state index < -0.39 is 29.7 Å². The van der Waals surface area contributed by atoms with Crippen LogP contribution in [0.3, 0.4) is 0 Å². The Morgan fingerprint density at radius 3 is 2.48 bits per heavy atom. The summed E-state index contributed by atoms with van der Waals surface area (Å²) in [6.45, 7) is 2.34. The Hall–Kier alpha value is -4.60. The molecule has 0 spiro atoms. The second-order valence-electron chi connectivity index (χ2n) is 9.79. The lowest BCUT2D eigenvalue weighted by molar-refractivity contribution is -0.147. The second kappa shape index (κ2) is 16.9. The zero-order valence-corrected chi connectivity index (χ0v) is 24.7. The fourth-order valence-corrected chi connectivity index (χ4v) is 4.45. The number of nitrogens with two attached hydrogens (primary N) is 1. The van der Waals surface area contributed by atoms with Gasteiger partial charge in [0.25, 0.3) is 11.5 Å². The second-order valence-corrected chi connectivity index (χ2v) is 9.79. The summed E-state index contributed by atoms with van der Waals surface area (Å²) in [5, 5.41) is 12.6. The molecule has 0 radical (unpaired) electrons. The van der Waals surface area contributed by atoms with Gasteiger partial charge in [-0.05, 0) is 49.4 Å². The van der Waals surface area contributed by atoms with Crippen LogP contribution in [0.1, 0.15) is 47.7 Å². The number of imide groups is 1. The predicted molar refractivity (Wildman–Crippen MR) is 159 cm³/mol. The van der Waals surface area contributed by atoms with Gasteiger partial charge >= 0.3 is 5.97 Å². The zero-order chi connectivity index (χ0) is 32.1. The van der Waals surface area contributed by atoms with Gasteiger partial charge in [0.05, 0.1) is 31.6 Å². The van der Waals surface area contributed by atoms with Crippen LogP contribution in [0.15, 0.2) is 35.3 Å². The van der Waals surface area contributed by atoms with Gasteiger partial charge in [-0.25, -0.2) is 4.79 Å². The number of aryl methyl sites for hydroxylation is 2. The number of aliphatic carboxylic acids is 1. The SMILES string of the molecule is CCOCCC(=O)N(CCOCOC)C(=O)CCC(NC(=O)c1ccc(CCc2c[nH]c3nc(N)[nH]c(=O)c23)cc1)C(=O)O. The molecule has 2 heterocycles. The summed E-state index contributed by atoms with van der Waals surface area (Å²) in [5.74, 6) is -2.98. The first-order valence-electron chi connectivity index (χ1n) is 14.1. The highest BCUT2D eigenvalue weighted by Crippen LogP contribution is 2.16. The molecule has 238 valence electrons. The van der Waals surface area contributed by atoms with Crippen LogP contribution in [0.25, 0.3) is 11.0 Å². The lowest BCUT2D eigenvalue weighted by atomic mass is 10.0. The summed E-state index contributed by atoms with van der Waals surface area (Å²) < 4.78 is 15.2. The van der Waals surface area contributed by atoms with Crippen molar-refractivity contribution in [2.75, 3.05) is 46.0 Å². The van der Waals surface area contributed by atoms with E-state index in [1.165, 1.54) is 7.11 Å². The maximum absolute atomic E-state index is 12.9. The number of nitrogens with one attached hydrogen (secondary N) is 3. The van der Waals surface area contributed by atoms with E-state index in [9.17, 15) is 29.1 Å². The smallest absolute Gasteiger partial charge is 0.326 e. The molecule has 0 saturated heterocycles. The highest BCUT2D eigenvalue weighted by molar-refractivity contribution is 5.97. The number of aromatic amines is 2. The molecule has 3 amide bonds. The molecule has 44 heavy (non-hydrogen) atoms. The number of carbonyl (C=O) groups excluding carboxylic acids is 3. The Morgan fingerprint density at radius 1 is 1.07 bits per heavy atom. The fourth-order valence-electron chi connectivity index (χ4n) is 4.45. The van der Waals surface area contributed by atoms with Gasteiger partial charge in [0, 0.05) is 31.9 Å². The van der Waals surface area contributed by atoms with Crippen molar-refractivity contribution in [3.05, 3.63) is 57.5 Å². The van der Waals surface area contributed by atoms with Crippen molar-refractivity contribution in [3.8, 4) is 0 Å². The third-order valence-electron chi connectivity index (χ3n) is 6.72. The minimum absolute atomic E-state index is 0.0118. The van der Waals surface area contributed by atoms with Crippen LogP contribution in [0.5, 0.6) is 0 Å². The van der Waals surface area contributed by atoms with Crippen molar-refractivity contribution in [3.63, 3.8) is 0 Å². The Kier molecular flexibility index (Phi) is 13.0. The molecule has 15 nitrogen and oxygen atoms in total. The van der Waals surface area contributed by atoms with E-state index in [-0.39, 0.29) is 62.9 Å². The van der Waals surface area contributed by atoms with E-state index in [1.54, 1.807) is 37.4 Å². The van der Waals surface area contributed by atoms with Crippen molar-refractivity contribution in [1.29, 1.82) is 0 Å². The van der Waals surface area contributed by atoms with Gasteiger partial charge < -0.3 is 35.4 Å². The van der Waals surface area contributed by atoms with E-state index >= 15 is 0 Å². The Morgan fingerprint density at radius 2 is 1.80 bits per heavy atom. The van der Waals surface area contributed by atoms with Crippen LogP contribution in [-0.4, -0.2) is 95.0 Å². The molecule has 3 aromatic rings. The number of rotatable bonds is 18. The van der Waals surface area contributed by atoms with Gasteiger partial charge in [-0.2, -0.15) is 4.98 Å². The van der Waals surface area contributed by atoms with Crippen LogP contribution < -0.4 is 16.6 Å². The Balaban J connectivity index is 1.56. The normalized spacial score (nSPS) is 11.8. The third kappa shape index (κ3) is 9.72. The molecule has 15 heteroatoms. The quantitative estimate of drug-likeness (QED) is 0.100. The average Bonchev–Trinajstić information content (AvgIpc) is 3.41. The minimum atomic E-state index is -1.36. The Bertz CT molecular complexity index is 1480. The lowest BCUT2D eigenvalue weighted by Gasteiger charge is -2.22. The van der Waals surface area contributed by atoms with Gasteiger partial charge in [-0.15, -0.1) is 0 Å². The number of hydrogen-bond acceptors (Lipinski definition) is 10. The first kappa shape index (κ1) is 33.9. The van der Waals surface area contributed by atoms with E-state index in [2.05, 4.69) is 20.3 Å². The average molecular weight is 615 g/mol. The van der Waals surface area contributed by atoms with Crippen LogP contribution in [0.2, 0.25) is 0 Å². The number of fused-ring (bicyclic) bond motifs is 1. The number of ether oxygens (including phenoxy) is 3. The number of nitrogens with zero attached hydrogens (tertiary/aromatic N) is 2. The molecule has 6 N–H and O–H groups in total. The fraction of sp³-hybridized carbons (Fsp3) is 0.448. The van der Waals surface area contributed by atoms with Gasteiger partial charge in [0.15, 0.2) is 0 Å². The maximum atomic E-state index is 12.9. The Labute approximate surface area is 253 Å². The maximum Gasteiger partial charge on any atom is 0.326 e. The molecule has 2 aromatic heterocycles. The largest absolute Gasteiger partial charge is 0.480 e. The number of methoxy groups -OCH3 is 1. The summed E-state index contributed by atoms with van der Waals surface area (Å²) in [5.41, 5.74) is 7.55. The minimum Gasteiger partial charge on any atom is -0.480 e. The summed E-state index contributed by atoms with van der Waals surface area (Å²) in [6.07, 6.45) is 2.26. The first-order chi connectivity index (χ1) is 21.1. The van der Waals surface area contributed by atoms with Gasteiger partial charge in [0.2, 0.25) is 17.8 Å². The van der Waals surface area contributed by atoms with Crippen molar-refractivity contribution in [2.24, 2.45) is 0 Å². The molecule has 0 aliphatic rings. The van der Waals surface area contributed by atoms with Crippen molar-refractivity contribution in [2.45, 2.75) is 45.1 Å². The molecule has 0 fully saturated rings. The predicted octanol–water partition coefficient (Wildman–Crippen LogP) is 0.984. The highest BCUT2D eigenvalue weighted by atomic mass is 16.7. The van der Waals surface area contributed by atoms with Crippen LogP contribution in [0.4, 0.5) is 5.95 Å². The molecular weight excluding hydrogens is 576 g/mol. The number of aromatic nitrogens is 3. The number of nitrogen functional groups attached to an aromatic ring is 1. The number of H-pyrrole nitrogens is 2. The van der Waals surface area contributed by atoms with E-state index in [0.717, 1.165) is 16.0 Å². The first-order valence-corrected chi connectivity index (χ1v) is 14.1. The standard InChI is InChI=1S/C29H38N6O9/c1-3-43-14-12-23(37)35(13-15-44-17-42-2)22(36)11-10-21(28(40)41)32-26(38)19-7-4-18(5-8-19)6-9-20-16-31-25-24(20)27(39)34-29(30)33-25/h4-5,7-8,16,21H,3,6,9-15,17H2,1-2H3,(H,32,38)(H,40,41)(H4,30,31,33,34,39). The zero-order valence-electron chi connectivity index (χ0n) is 24.7. The van der Waals surface area contributed by atoms with E-state index in [0.29, 0.717) is 30.5 Å². The summed E-state index contributed by atoms with van der Waals surface area (Å²) in [6, 6.07) is 5.25. The third-order valence-corrected chi connectivity index (χ3v) is 6.72. The number of anilines is 1. The van der Waals surface area contributed by atoms with Crippen molar-refractivity contribution < 1.29 is 38.5 Å². The van der Waals surface area contributed by atoms with Gasteiger partial charge in [-0.3, -0.25) is 29.1 Å². The van der Waals surface area contributed by atoms with E-state index in [1.807, 2.05) is 0 Å². The molecule has 1 unspecified atom stereocenters. The van der Waals surface area contributed by atoms with Crippen molar-refractivity contribution >= 4 is 40.7 Å². The molecule has 3 rings (SSSR count). The van der Waals surface area contributed by atoms with Crippen LogP contribution in [0, 0.1) is 0 Å². The summed E-state index contributed by atoms with van der Waals surface area (Å²) >= 11 is 0. The molecule has 0 aliphatic heterocycles. The number of amides is 3. The molecule has 0 bridgehead atoms. The number of benzene rings is 1. The number of hydrogen-bond donors (Lipinski definition) is 5. The van der Waals surface area contributed by atoms with Crippen LogP contribution >= 0.6 is 0 Å². The highest BCUT2D eigenvalue weighted by Gasteiger charge is 2.26. The summed E-state index contributed by atoms with van der Waals surface area (Å²) in [7, 11) is 1.44. The molecule has 0 saturated carbocycles. The number of carbonyl (C=O) groups is 4. The van der Waals surface area contributed by atoms with Crippen LogP contribution in [-0.2, 0) is 41.4 Å². The van der Waals surface area contributed by atoms with Gasteiger partial charge in [0.1, 0.15) is 18.5 Å². The lowest BCUT2D eigenvalue weighted by Crippen LogP contribution is -2.43.